The van der Waals surface area contributed by atoms with Gasteiger partial charge in [-0.05, 0) is 62.3 Å². The summed E-state index contributed by atoms with van der Waals surface area (Å²) < 4.78 is 15.2. The minimum atomic E-state index is -0.366. The molecule has 1 saturated heterocycles. The van der Waals surface area contributed by atoms with E-state index in [0.29, 0.717) is 37.4 Å². The highest BCUT2D eigenvalue weighted by Gasteiger charge is 2.29. The van der Waals surface area contributed by atoms with Gasteiger partial charge in [0.1, 0.15) is 5.82 Å². The lowest BCUT2D eigenvalue weighted by Gasteiger charge is -2.31. The molecule has 0 aliphatic carbocycles. The van der Waals surface area contributed by atoms with Gasteiger partial charge in [-0.1, -0.05) is 26.0 Å². The number of aromatic nitrogens is 2. The van der Waals surface area contributed by atoms with Crippen LogP contribution in [-0.4, -0.2) is 63.9 Å². The number of para-hydroxylation sites is 2. The highest BCUT2D eigenvalue weighted by Crippen LogP contribution is 2.24. The van der Waals surface area contributed by atoms with Gasteiger partial charge in [0.05, 0.1) is 11.0 Å². The van der Waals surface area contributed by atoms with E-state index < -0.39 is 0 Å². The predicted octanol–water partition coefficient (Wildman–Crippen LogP) is 4.01. The van der Waals surface area contributed by atoms with E-state index in [4.69, 9.17) is 0 Å². The van der Waals surface area contributed by atoms with E-state index in [1.165, 1.54) is 24.3 Å². The lowest BCUT2D eigenvalue weighted by atomic mass is 9.95. The standard InChI is InChI=1S/C26H32FN5O2/c1-3-30(4-2)17-18-32-23-8-6-5-7-22(23)28-26(32)29-24(33)19-13-15-31(16-14-19)25(34)20-9-11-21(27)12-10-20/h5-12,19H,3-4,13-18H2,1-2H3,(H,28,29,33). The smallest absolute Gasteiger partial charge is 0.253 e. The Hall–Kier alpha value is -3.26. The predicted molar refractivity (Wildman–Crippen MR) is 131 cm³/mol. The molecular weight excluding hydrogens is 433 g/mol. The van der Waals surface area contributed by atoms with Gasteiger partial charge in [-0.15, -0.1) is 0 Å². The molecule has 1 N–H and O–H groups in total. The normalized spacial score (nSPS) is 14.6. The van der Waals surface area contributed by atoms with Gasteiger partial charge in [0.15, 0.2) is 0 Å². The molecule has 3 aromatic rings. The van der Waals surface area contributed by atoms with E-state index >= 15 is 0 Å². The summed E-state index contributed by atoms with van der Waals surface area (Å²) in [5.74, 6) is -0.170. The average Bonchev–Trinajstić information content (AvgIpc) is 3.21. The van der Waals surface area contributed by atoms with E-state index in [-0.39, 0.29) is 23.5 Å². The number of anilines is 1. The molecule has 1 aliphatic rings. The van der Waals surface area contributed by atoms with E-state index in [1.807, 2.05) is 24.3 Å². The molecule has 1 aromatic heterocycles. The first kappa shape index (κ1) is 23.9. The molecule has 0 atom stereocenters. The number of hydrogen-bond donors (Lipinski definition) is 1. The Bertz CT molecular complexity index is 1130. The SMILES string of the molecule is CCN(CC)CCn1c(NC(=O)C2CCN(C(=O)c3ccc(F)cc3)CC2)nc2ccccc21. The summed E-state index contributed by atoms with van der Waals surface area (Å²) in [7, 11) is 0. The van der Waals surface area contributed by atoms with Crippen molar-refractivity contribution in [1.29, 1.82) is 0 Å². The lowest BCUT2D eigenvalue weighted by molar-refractivity contribution is -0.121. The molecule has 1 fully saturated rings. The first-order chi connectivity index (χ1) is 16.5. The van der Waals surface area contributed by atoms with Gasteiger partial charge in [0.2, 0.25) is 11.9 Å². The molecule has 2 aromatic carbocycles. The Balaban J connectivity index is 1.41. The topological polar surface area (TPSA) is 70.5 Å². The van der Waals surface area contributed by atoms with Crippen LogP contribution in [0.15, 0.2) is 48.5 Å². The number of hydrogen-bond acceptors (Lipinski definition) is 4. The molecule has 0 radical (unpaired) electrons. The molecule has 180 valence electrons. The van der Waals surface area contributed by atoms with Crippen molar-refractivity contribution in [3.05, 3.63) is 59.9 Å². The van der Waals surface area contributed by atoms with Crippen LogP contribution in [0.4, 0.5) is 10.3 Å². The maximum atomic E-state index is 13.2. The molecule has 0 bridgehead atoms. The Labute approximate surface area is 199 Å². The van der Waals surface area contributed by atoms with Crippen LogP contribution in [0.5, 0.6) is 0 Å². The molecule has 0 spiro atoms. The number of benzene rings is 2. The van der Waals surface area contributed by atoms with Crippen molar-refractivity contribution in [2.45, 2.75) is 33.2 Å². The second-order valence-corrected chi connectivity index (χ2v) is 8.67. The summed E-state index contributed by atoms with van der Waals surface area (Å²) in [4.78, 5) is 34.6. The summed E-state index contributed by atoms with van der Waals surface area (Å²) in [5.41, 5.74) is 2.33. The molecule has 8 heteroatoms. The number of amides is 2. The van der Waals surface area contributed by atoms with Crippen molar-refractivity contribution in [3.8, 4) is 0 Å². The number of halogens is 1. The zero-order valence-electron chi connectivity index (χ0n) is 19.8. The third kappa shape index (κ3) is 5.28. The van der Waals surface area contributed by atoms with Crippen LogP contribution in [0.3, 0.4) is 0 Å². The summed E-state index contributed by atoms with van der Waals surface area (Å²) in [6, 6.07) is 13.5. The minimum absolute atomic E-state index is 0.0618. The number of likely N-dealkylation sites (N-methyl/N-ethyl adjacent to an activating group) is 1. The van der Waals surface area contributed by atoms with Gasteiger partial charge in [-0.25, -0.2) is 9.37 Å². The molecule has 4 rings (SSSR count). The fourth-order valence-electron chi connectivity index (χ4n) is 4.51. The van der Waals surface area contributed by atoms with Crippen LogP contribution in [0.25, 0.3) is 11.0 Å². The van der Waals surface area contributed by atoms with Crippen LogP contribution in [0, 0.1) is 11.7 Å². The molecule has 0 unspecified atom stereocenters. The van der Waals surface area contributed by atoms with Gasteiger partial charge in [-0.3, -0.25) is 14.9 Å². The van der Waals surface area contributed by atoms with Gasteiger partial charge in [-0.2, -0.15) is 0 Å². The summed E-state index contributed by atoms with van der Waals surface area (Å²) in [6.07, 6.45) is 1.16. The Morgan fingerprint density at radius 2 is 1.74 bits per heavy atom. The monoisotopic (exact) mass is 465 g/mol. The second kappa shape index (κ2) is 10.8. The summed E-state index contributed by atoms with van der Waals surface area (Å²) in [6.45, 7) is 8.83. The number of piperidine rings is 1. The first-order valence-corrected chi connectivity index (χ1v) is 12.0. The molecule has 2 heterocycles. The van der Waals surface area contributed by atoms with Crippen molar-refractivity contribution in [2.75, 3.05) is 38.0 Å². The van der Waals surface area contributed by atoms with Crippen molar-refractivity contribution in [2.24, 2.45) is 5.92 Å². The Morgan fingerprint density at radius 1 is 1.06 bits per heavy atom. The van der Waals surface area contributed by atoms with E-state index in [1.54, 1.807) is 4.90 Å². The highest BCUT2D eigenvalue weighted by atomic mass is 19.1. The van der Waals surface area contributed by atoms with Crippen molar-refractivity contribution >= 4 is 28.8 Å². The van der Waals surface area contributed by atoms with E-state index in [9.17, 15) is 14.0 Å². The lowest BCUT2D eigenvalue weighted by Crippen LogP contribution is -2.41. The molecule has 0 saturated carbocycles. The van der Waals surface area contributed by atoms with Crippen LogP contribution >= 0.6 is 0 Å². The molecule has 34 heavy (non-hydrogen) atoms. The maximum Gasteiger partial charge on any atom is 0.253 e. The van der Waals surface area contributed by atoms with Crippen LogP contribution < -0.4 is 5.32 Å². The van der Waals surface area contributed by atoms with Crippen molar-refractivity contribution < 1.29 is 14.0 Å². The van der Waals surface area contributed by atoms with Crippen LogP contribution in [0.2, 0.25) is 0 Å². The fraction of sp³-hybridized carbons (Fsp3) is 0.423. The molecule has 1 aliphatic heterocycles. The van der Waals surface area contributed by atoms with E-state index in [0.717, 1.165) is 37.2 Å². The Morgan fingerprint density at radius 3 is 2.41 bits per heavy atom. The van der Waals surface area contributed by atoms with Crippen LogP contribution in [0.1, 0.15) is 37.0 Å². The number of carbonyl (C=O) groups is 2. The molecule has 2 amide bonds. The number of nitrogens with one attached hydrogen (secondary N) is 1. The highest BCUT2D eigenvalue weighted by molar-refractivity contribution is 5.95. The zero-order valence-corrected chi connectivity index (χ0v) is 19.8. The van der Waals surface area contributed by atoms with Gasteiger partial charge in [0.25, 0.3) is 5.91 Å². The van der Waals surface area contributed by atoms with Gasteiger partial charge in [0, 0.05) is 37.7 Å². The third-order valence-electron chi connectivity index (χ3n) is 6.67. The van der Waals surface area contributed by atoms with Gasteiger partial charge >= 0.3 is 0 Å². The van der Waals surface area contributed by atoms with Crippen molar-refractivity contribution in [3.63, 3.8) is 0 Å². The molecule has 7 nitrogen and oxygen atoms in total. The number of fused-ring (bicyclic) bond motifs is 1. The average molecular weight is 466 g/mol. The van der Waals surface area contributed by atoms with E-state index in [2.05, 4.69) is 33.6 Å². The third-order valence-corrected chi connectivity index (χ3v) is 6.67. The summed E-state index contributed by atoms with van der Waals surface area (Å²) >= 11 is 0. The largest absolute Gasteiger partial charge is 0.339 e. The quantitative estimate of drug-likeness (QED) is 0.546. The summed E-state index contributed by atoms with van der Waals surface area (Å²) in [5, 5.41) is 3.06. The fourth-order valence-corrected chi connectivity index (χ4v) is 4.51. The van der Waals surface area contributed by atoms with Crippen molar-refractivity contribution in [1.82, 2.24) is 19.4 Å². The maximum absolute atomic E-state index is 13.2. The number of rotatable bonds is 8. The minimum Gasteiger partial charge on any atom is -0.339 e. The van der Waals surface area contributed by atoms with Crippen LogP contribution in [-0.2, 0) is 11.3 Å². The number of nitrogens with zero attached hydrogens (tertiary/aromatic N) is 4. The second-order valence-electron chi connectivity index (χ2n) is 8.67. The number of likely N-dealkylation sites (tertiary alicyclic amines) is 1. The first-order valence-electron chi connectivity index (χ1n) is 12.0. The number of imidazole rings is 1. The zero-order chi connectivity index (χ0) is 24.1. The Kier molecular flexibility index (Phi) is 7.57. The molecular formula is C26H32FN5O2. The number of carbonyl (C=O) groups excluding carboxylic acids is 2. The van der Waals surface area contributed by atoms with Gasteiger partial charge < -0.3 is 14.4 Å².